The first-order valence-electron chi connectivity index (χ1n) is 5.15. The molecule has 2 rings (SSSR count). The van der Waals surface area contributed by atoms with Gasteiger partial charge in [0.25, 0.3) is 0 Å². The Hall–Kier alpha value is -1.80. The minimum Gasteiger partial charge on any atom is -0.487 e. The largest absolute Gasteiger partial charge is 0.487 e. The molecule has 0 aliphatic carbocycles. The first kappa shape index (κ1) is 11.7. The Morgan fingerprint density at radius 1 is 1.29 bits per heavy atom. The van der Waals surface area contributed by atoms with Crippen LogP contribution < -0.4 is 4.74 Å². The molecule has 0 amide bonds. The van der Waals surface area contributed by atoms with Crippen LogP contribution >= 0.6 is 11.6 Å². The zero-order chi connectivity index (χ0) is 12.3. The summed E-state index contributed by atoms with van der Waals surface area (Å²) in [6.07, 6.45) is 0.800. The van der Waals surface area contributed by atoms with E-state index in [4.69, 9.17) is 16.3 Å². The van der Waals surface area contributed by atoms with Crippen molar-refractivity contribution >= 4 is 28.7 Å². The van der Waals surface area contributed by atoms with Gasteiger partial charge < -0.3 is 4.74 Å². The first-order valence-corrected chi connectivity index (χ1v) is 5.53. The SMILES string of the molecule is C=C(Cl)COc1ccc2ccccc2c1C=O. The number of halogens is 1. The van der Waals surface area contributed by atoms with E-state index in [2.05, 4.69) is 6.58 Å². The zero-order valence-corrected chi connectivity index (χ0v) is 9.91. The number of fused-ring (bicyclic) bond motifs is 1. The van der Waals surface area contributed by atoms with Crippen molar-refractivity contribution in [2.45, 2.75) is 0 Å². The molecular weight excluding hydrogens is 236 g/mol. The molecule has 2 aromatic rings. The van der Waals surface area contributed by atoms with E-state index in [1.165, 1.54) is 0 Å². The number of ether oxygens (including phenoxy) is 1. The molecule has 0 radical (unpaired) electrons. The lowest BCUT2D eigenvalue weighted by atomic mass is 10.0. The maximum Gasteiger partial charge on any atom is 0.154 e. The van der Waals surface area contributed by atoms with E-state index in [-0.39, 0.29) is 6.61 Å². The van der Waals surface area contributed by atoms with Gasteiger partial charge >= 0.3 is 0 Å². The standard InChI is InChI=1S/C14H11ClO2/c1-10(15)9-17-14-7-6-11-4-2-3-5-12(11)13(14)8-16/h2-8H,1,9H2. The van der Waals surface area contributed by atoms with E-state index in [9.17, 15) is 4.79 Å². The van der Waals surface area contributed by atoms with Crippen molar-refractivity contribution in [3.63, 3.8) is 0 Å². The molecule has 0 saturated heterocycles. The number of carbonyl (C=O) groups excluding carboxylic acids is 1. The molecule has 17 heavy (non-hydrogen) atoms. The minimum absolute atomic E-state index is 0.195. The van der Waals surface area contributed by atoms with Gasteiger partial charge in [-0.25, -0.2) is 0 Å². The molecule has 2 aromatic carbocycles. The van der Waals surface area contributed by atoms with Crippen LogP contribution in [0.4, 0.5) is 0 Å². The maximum absolute atomic E-state index is 11.2. The van der Waals surface area contributed by atoms with Gasteiger partial charge in [-0.15, -0.1) is 0 Å². The lowest BCUT2D eigenvalue weighted by Crippen LogP contribution is -1.99. The Bertz CT molecular complexity index is 575. The molecule has 3 heteroatoms. The summed E-state index contributed by atoms with van der Waals surface area (Å²) < 4.78 is 5.43. The molecule has 0 unspecified atom stereocenters. The van der Waals surface area contributed by atoms with Crippen LogP contribution in [-0.4, -0.2) is 12.9 Å². The van der Waals surface area contributed by atoms with Crippen LogP contribution in [0.25, 0.3) is 10.8 Å². The van der Waals surface area contributed by atoms with E-state index in [1.54, 1.807) is 6.07 Å². The summed E-state index contributed by atoms with van der Waals surface area (Å²) in [4.78, 5) is 11.2. The summed E-state index contributed by atoms with van der Waals surface area (Å²) in [7, 11) is 0. The lowest BCUT2D eigenvalue weighted by molar-refractivity contribution is 0.112. The fourth-order valence-electron chi connectivity index (χ4n) is 1.68. The van der Waals surface area contributed by atoms with Crippen LogP contribution in [0.3, 0.4) is 0 Å². The number of aldehydes is 1. The molecule has 0 aliphatic rings. The Morgan fingerprint density at radius 2 is 2.06 bits per heavy atom. The number of hydrogen-bond acceptors (Lipinski definition) is 2. The van der Waals surface area contributed by atoms with Crippen molar-refractivity contribution in [2.75, 3.05) is 6.61 Å². The topological polar surface area (TPSA) is 26.3 Å². The van der Waals surface area contributed by atoms with E-state index in [0.717, 1.165) is 17.1 Å². The molecule has 0 aromatic heterocycles. The number of carbonyl (C=O) groups is 1. The molecule has 0 aliphatic heterocycles. The predicted molar refractivity (Wildman–Crippen MR) is 69.8 cm³/mol. The van der Waals surface area contributed by atoms with Crippen LogP contribution in [0.1, 0.15) is 10.4 Å². The minimum atomic E-state index is 0.195. The van der Waals surface area contributed by atoms with Gasteiger partial charge in [0, 0.05) is 5.03 Å². The molecule has 0 atom stereocenters. The van der Waals surface area contributed by atoms with Crippen molar-refractivity contribution < 1.29 is 9.53 Å². The molecular formula is C14H11ClO2. The molecule has 0 spiro atoms. The normalized spacial score (nSPS) is 10.2. The number of hydrogen-bond donors (Lipinski definition) is 0. The molecule has 0 bridgehead atoms. The van der Waals surface area contributed by atoms with Crippen molar-refractivity contribution in [1.29, 1.82) is 0 Å². The van der Waals surface area contributed by atoms with E-state index in [0.29, 0.717) is 16.3 Å². The van der Waals surface area contributed by atoms with Gasteiger partial charge in [-0.3, -0.25) is 4.79 Å². The third kappa shape index (κ3) is 2.48. The fraction of sp³-hybridized carbons (Fsp3) is 0.0714. The summed E-state index contributed by atoms with van der Waals surface area (Å²) in [5, 5.41) is 2.28. The molecule has 0 N–H and O–H groups in total. The van der Waals surface area contributed by atoms with Crippen LogP contribution in [0.2, 0.25) is 0 Å². The molecule has 0 heterocycles. The van der Waals surface area contributed by atoms with Gasteiger partial charge in [-0.05, 0) is 16.8 Å². The van der Waals surface area contributed by atoms with E-state index >= 15 is 0 Å². The van der Waals surface area contributed by atoms with Gasteiger partial charge in [0.05, 0.1) is 5.56 Å². The van der Waals surface area contributed by atoms with Crippen molar-refractivity contribution in [1.82, 2.24) is 0 Å². The van der Waals surface area contributed by atoms with Crippen LogP contribution in [0.15, 0.2) is 48.0 Å². The monoisotopic (exact) mass is 246 g/mol. The highest BCUT2D eigenvalue weighted by Crippen LogP contribution is 2.26. The van der Waals surface area contributed by atoms with Crippen LogP contribution in [-0.2, 0) is 0 Å². The molecule has 0 fully saturated rings. The van der Waals surface area contributed by atoms with E-state index < -0.39 is 0 Å². The third-order valence-electron chi connectivity index (χ3n) is 2.43. The van der Waals surface area contributed by atoms with Gasteiger partial charge in [-0.2, -0.15) is 0 Å². The summed E-state index contributed by atoms with van der Waals surface area (Å²) in [5.74, 6) is 0.528. The van der Waals surface area contributed by atoms with Gasteiger partial charge in [0.2, 0.25) is 0 Å². The van der Waals surface area contributed by atoms with Crippen molar-refractivity contribution in [3.8, 4) is 5.75 Å². The summed E-state index contributed by atoms with van der Waals surface area (Å²) in [6.45, 7) is 3.74. The van der Waals surface area contributed by atoms with E-state index in [1.807, 2.05) is 30.3 Å². The third-order valence-corrected chi connectivity index (χ3v) is 2.54. The Morgan fingerprint density at radius 3 is 2.76 bits per heavy atom. The highest BCUT2D eigenvalue weighted by Gasteiger charge is 2.07. The summed E-state index contributed by atoms with van der Waals surface area (Å²) in [6, 6.07) is 11.3. The second kappa shape index (κ2) is 5.02. The lowest BCUT2D eigenvalue weighted by Gasteiger charge is -2.09. The summed E-state index contributed by atoms with van der Waals surface area (Å²) in [5.41, 5.74) is 0.543. The number of benzene rings is 2. The molecule has 2 nitrogen and oxygen atoms in total. The second-order valence-electron chi connectivity index (χ2n) is 3.62. The maximum atomic E-state index is 11.2. The highest BCUT2D eigenvalue weighted by atomic mass is 35.5. The smallest absolute Gasteiger partial charge is 0.154 e. The average molecular weight is 247 g/mol. The predicted octanol–water partition coefficient (Wildman–Crippen LogP) is 3.78. The van der Waals surface area contributed by atoms with Crippen LogP contribution in [0.5, 0.6) is 5.75 Å². The van der Waals surface area contributed by atoms with Gasteiger partial charge in [0.1, 0.15) is 12.4 Å². The first-order chi connectivity index (χ1) is 8.22. The zero-order valence-electron chi connectivity index (χ0n) is 9.15. The average Bonchev–Trinajstić information content (AvgIpc) is 2.35. The Balaban J connectivity index is 2.49. The molecule has 0 saturated carbocycles. The van der Waals surface area contributed by atoms with Gasteiger partial charge in [0.15, 0.2) is 6.29 Å². The fourth-order valence-corrected chi connectivity index (χ4v) is 1.73. The summed E-state index contributed by atoms with van der Waals surface area (Å²) >= 11 is 5.63. The quantitative estimate of drug-likeness (QED) is 0.768. The van der Waals surface area contributed by atoms with Crippen molar-refractivity contribution in [2.24, 2.45) is 0 Å². The van der Waals surface area contributed by atoms with Crippen molar-refractivity contribution in [3.05, 3.63) is 53.6 Å². The Kier molecular flexibility index (Phi) is 3.45. The highest BCUT2D eigenvalue weighted by molar-refractivity contribution is 6.29. The Labute approximate surface area is 104 Å². The second-order valence-corrected chi connectivity index (χ2v) is 4.16. The van der Waals surface area contributed by atoms with Gasteiger partial charge in [-0.1, -0.05) is 48.5 Å². The van der Waals surface area contributed by atoms with Crippen LogP contribution in [0, 0.1) is 0 Å². The number of rotatable bonds is 4. The molecule has 86 valence electrons.